The molecule has 1 amide bonds. The number of hydrogen-bond donors (Lipinski definition) is 0. The van der Waals surface area contributed by atoms with Gasteiger partial charge in [-0.15, -0.1) is 0 Å². The molecular formula is C28H32N6O4. The minimum Gasteiger partial charge on any atom is -0.466 e. The zero-order valence-corrected chi connectivity index (χ0v) is 21.7. The largest absolute Gasteiger partial charge is 0.466 e. The lowest BCUT2D eigenvalue weighted by molar-refractivity contribution is -0.151. The Morgan fingerprint density at radius 1 is 1.08 bits per heavy atom. The van der Waals surface area contributed by atoms with Crippen LogP contribution in [-0.2, 0) is 20.9 Å². The van der Waals surface area contributed by atoms with Crippen molar-refractivity contribution in [2.45, 2.75) is 46.1 Å². The first kappa shape index (κ1) is 25.4. The monoisotopic (exact) mass is 516 g/mol. The highest BCUT2D eigenvalue weighted by atomic mass is 16.5. The molecule has 1 aliphatic rings. The van der Waals surface area contributed by atoms with Crippen LogP contribution in [0, 0.1) is 12.8 Å². The van der Waals surface area contributed by atoms with E-state index in [-0.39, 0.29) is 29.8 Å². The number of aryl methyl sites for hydroxylation is 2. The van der Waals surface area contributed by atoms with E-state index in [2.05, 4.69) is 5.10 Å². The lowest BCUT2D eigenvalue weighted by Gasteiger charge is -2.31. The number of benzene rings is 1. The Labute approximate surface area is 220 Å². The molecule has 1 atom stereocenters. The van der Waals surface area contributed by atoms with Crippen LogP contribution >= 0.6 is 0 Å². The minimum absolute atomic E-state index is 0.0187. The second-order valence-electron chi connectivity index (χ2n) is 9.53. The van der Waals surface area contributed by atoms with Crippen LogP contribution in [0.4, 0.5) is 0 Å². The molecule has 4 aromatic rings. The third-order valence-corrected chi connectivity index (χ3v) is 6.93. The molecule has 5 rings (SSSR count). The third kappa shape index (κ3) is 4.98. The van der Waals surface area contributed by atoms with E-state index < -0.39 is 0 Å². The molecule has 1 fully saturated rings. The summed E-state index contributed by atoms with van der Waals surface area (Å²) in [6.07, 6.45) is 6.02. The molecule has 0 aliphatic carbocycles. The summed E-state index contributed by atoms with van der Waals surface area (Å²) in [6, 6.07) is 13.5. The molecule has 10 heteroatoms. The number of piperidine rings is 1. The Morgan fingerprint density at radius 2 is 1.84 bits per heavy atom. The molecule has 0 N–H and O–H groups in total. The van der Waals surface area contributed by atoms with Gasteiger partial charge < -0.3 is 14.2 Å². The van der Waals surface area contributed by atoms with Crippen LogP contribution in [0.2, 0.25) is 0 Å². The van der Waals surface area contributed by atoms with Gasteiger partial charge in [0.25, 0.3) is 5.56 Å². The van der Waals surface area contributed by atoms with Crippen LogP contribution in [0.15, 0.2) is 59.7 Å². The van der Waals surface area contributed by atoms with E-state index in [1.807, 2.05) is 66.3 Å². The van der Waals surface area contributed by atoms with E-state index in [0.717, 1.165) is 18.5 Å². The Morgan fingerprint density at radius 3 is 2.58 bits per heavy atom. The van der Waals surface area contributed by atoms with Crippen LogP contribution in [-0.4, -0.2) is 60.6 Å². The molecule has 0 bridgehead atoms. The molecule has 1 unspecified atom stereocenters. The number of hydrogen-bond acceptors (Lipinski definition) is 6. The molecule has 1 aromatic carbocycles. The molecule has 0 spiro atoms. The number of para-hydroxylation sites is 1. The van der Waals surface area contributed by atoms with Crippen molar-refractivity contribution in [3.63, 3.8) is 0 Å². The van der Waals surface area contributed by atoms with Gasteiger partial charge in [-0.2, -0.15) is 10.2 Å². The molecular weight excluding hydrogens is 484 g/mol. The van der Waals surface area contributed by atoms with E-state index in [9.17, 15) is 14.4 Å². The Hall–Kier alpha value is -4.21. The van der Waals surface area contributed by atoms with Crippen molar-refractivity contribution in [1.82, 2.24) is 29.0 Å². The zero-order valence-electron chi connectivity index (χ0n) is 21.7. The van der Waals surface area contributed by atoms with Crippen LogP contribution in [0.25, 0.3) is 22.4 Å². The van der Waals surface area contributed by atoms with Crippen molar-refractivity contribution < 1.29 is 14.3 Å². The summed E-state index contributed by atoms with van der Waals surface area (Å²) < 4.78 is 10.2. The number of nitrogens with zero attached hydrogens (tertiary/aromatic N) is 6. The normalized spacial score (nSPS) is 15.6. The number of amides is 1. The Balaban J connectivity index is 1.38. The topological polar surface area (TPSA) is 104 Å². The van der Waals surface area contributed by atoms with Gasteiger partial charge in [0.2, 0.25) is 5.91 Å². The first-order valence-electron chi connectivity index (χ1n) is 13.1. The predicted octanol–water partition coefficient (Wildman–Crippen LogP) is 3.26. The van der Waals surface area contributed by atoms with E-state index in [1.165, 1.54) is 4.68 Å². The summed E-state index contributed by atoms with van der Waals surface area (Å²) in [5, 5.41) is 9.78. The van der Waals surface area contributed by atoms with Crippen molar-refractivity contribution in [3.8, 4) is 11.5 Å². The predicted molar refractivity (Wildman–Crippen MR) is 142 cm³/mol. The second-order valence-corrected chi connectivity index (χ2v) is 9.53. The summed E-state index contributed by atoms with van der Waals surface area (Å²) in [6.45, 7) is 5.29. The van der Waals surface area contributed by atoms with Crippen molar-refractivity contribution in [2.24, 2.45) is 5.92 Å². The molecule has 1 aliphatic heterocycles. The number of ether oxygens (including phenoxy) is 1. The van der Waals surface area contributed by atoms with Crippen LogP contribution < -0.4 is 5.56 Å². The van der Waals surface area contributed by atoms with Gasteiger partial charge in [0.1, 0.15) is 10.9 Å². The van der Waals surface area contributed by atoms with Gasteiger partial charge >= 0.3 is 5.97 Å². The molecule has 3 aromatic heterocycles. The van der Waals surface area contributed by atoms with Crippen molar-refractivity contribution in [1.29, 1.82) is 0 Å². The number of carbonyl (C=O) groups is 2. The standard InChI is InChI=1S/C28H32N6O4/c1-3-38-28(37)21-11-9-17-32(19-21)23(35)14-10-18-33-27(36)24-25(20(2)29-33)30-34(22-12-5-4-6-13-22)26(24)31-15-7-8-16-31/h4-8,12-13,15-16,21H,3,9-11,14,17-19H2,1-2H3. The molecule has 38 heavy (non-hydrogen) atoms. The second kappa shape index (κ2) is 11.0. The maximum absolute atomic E-state index is 13.7. The summed E-state index contributed by atoms with van der Waals surface area (Å²) in [4.78, 5) is 40.5. The van der Waals surface area contributed by atoms with Crippen molar-refractivity contribution in [2.75, 3.05) is 19.7 Å². The first-order valence-corrected chi connectivity index (χ1v) is 13.1. The smallest absolute Gasteiger partial charge is 0.310 e. The summed E-state index contributed by atoms with van der Waals surface area (Å²) >= 11 is 0. The van der Waals surface area contributed by atoms with E-state index in [4.69, 9.17) is 9.84 Å². The van der Waals surface area contributed by atoms with Gasteiger partial charge in [-0.3, -0.25) is 14.4 Å². The maximum Gasteiger partial charge on any atom is 0.310 e. The van der Waals surface area contributed by atoms with E-state index in [0.29, 0.717) is 55.1 Å². The van der Waals surface area contributed by atoms with Crippen molar-refractivity contribution in [3.05, 3.63) is 70.9 Å². The van der Waals surface area contributed by atoms with Gasteiger partial charge in [0.15, 0.2) is 5.82 Å². The summed E-state index contributed by atoms with van der Waals surface area (Å²) in [5.74, 6) is 0.124. The number of aromatic nitrogens is 5. The highest BCUT2D eigenvalue weighted by Gasteiger charge is 2.29. The van der Waals surface area contributed by atoms with Crippen LogP contribution in [0.1, 0.15) is 38.3 Å². The molecule has 10 nitrogen and oxygen atoms in total. The quantitative estimate of drug-likeness (QED) is 0.333. The average molecular weight is 517 g/mol. The van der Waals surface area contributed by atoms with E-state index in [1.54, 1.807) is 16.5 Å². The van der Waals surface area contributed by atoms with Gasteiger partial charge in [-0.1, -0.05) is 18.2 Å². The molecule has 0 radical (unpaired) electrons. The number of rotatable bonds is 8. The fraction of sp³-hybridized carbons (Fsp3) is 0.393. The fourth-order valence-corrected chi connectivity index (χ4v) is 5.07. The van der Waals surface area contributed by atoms with Crippen molar-refractivity contribution >= 4 is 22.8 Å². The number of likely N-dealkylation sites (tertiary alicyclic amines) is 1. The Bertz CT molecular complexity index is 1490. The maximum atomic E-state index is 13.7. The van der Waals surface area contributed by atoms with Gasteiger partial charge in [-0.05, 0) is 57.4 Å². The zero-order chi connectivity index (χ0) is 26.6. The molecule has 4 heterocycles. The fourth-order valence-electron chi connectivity index (χ4n) is 5.07. The lowest BCUT2D eigenvalue weighted by Crippen LogP contribution is -2.42. The average Bonchev–Trinajstić information content (AvgIpc) is 3.61. The SMILES string of the molecule is CCOC(=O)C1CCCN(C(=O)CCCn2nc(C)c3nn(-c4ccccc4)c(-n4cccc4)c3c2=O)C1. The van der Waals surface area contributed by atoms with E-state index >= 15 is 0 Å². The molecule has 1 saturated heterocycles. The number of esters is 1. The van der Waals surface area contributed by atoms with Crippen LogP contribution in [0.3, 0.4) is 0 Å². The first-order chi connectivity index (χ1) is 18.5. The molecule has 198 valence electrons. The third-order valence-electron chi connectivity index (χ3n) is 6.93. The van der Waals surface area contributed by atoms with Crippen LogP contribution in [0.5, 0.6) is 0 Å². The highest BCUT2D eigenvalue weighted by Crippen LogP contribution is 2.25. The van der Waals surface area contributed by atoms with Gasteiger partial charge in [-0.25, -0.2) is 9.36 Å². The number of fused-ring (bicyclic) bond motifs is 1. The molecule has 0 saturated carbocycles. The highest BCUT2D eigenvalue weighted by molar-refractivity contribution is 5.87. The lowest BCUT2D eigenvalue weighted by atomic mass is 9.98. The van der Waals surface area contributed by atoms with Gasteiger partial charge in [0.05, 0.1) is 23.9 Å². The summed E-state index contributed by atoms with van der Waals surface area (Å²) in [7, 11) is 0. The minimum atomic E-state index is -0.268. The van der Waals surface area contributed by atoms with Gasteiger partial charge in [0, 0.05) is 38.4 Å². The summed E-state index contributed by atoms with van der Waals surface area (Å²) in [5.41, 5.74) is 1.78. The number of carbonyl (C=O) groups excluding carboxylic acids is 2. The Kier molecular flexibility index (Phi) is 7.39.